The van der Waals surface area contributed by atoms with Gasteiger partial charge in [0.25, 0.3) is 0 Å². The molecule has 0 N–H and O–H groups in total. The van der Waals surface area contributed by atoms with Crippen molar-refractivity contribution in [2.75, 3.05) is 0 Å². The molecule has 17 heavy (non-hydrogen) atoms. The maximum Gasteiger partial charge on any atom is 0.523 e. The lowest BCUT2D eigenvalue weighted by molar-refractivity contribution is -0.136. The molecule has 1 unspecified atom stereocenters. The Kier molecular flexibility index (Phi) is 5.26. The summed E-state index contributed by atoms with van der Waals surface area (Å²) in [6.07, 6.45) is -8.02. The normalized spacial score (nSPS) is 15.9. The standard InChI is InChI=1S/C7H10F6O3S/c1-5(3-2-4-6(8,9)10)16-17(14,15)7(11,12)13/h5H,2-4H2,1H3. The van der Waals surface area contributed by atoms with Gasteiger partial charge in [-0.2, -0.15) is 34.8 Å². The van der Waals surface area contributed by atoms with Crippen LogP contribution in [0, 0.1) is 0 Å². The molecule has 10 heteroatoms. The summed E-state index contributed by atoms with van der Waals surface area (Å²) in [6, 6.07) is 0. The molecule has 0 amide bonds. The molecule has 0 aromatic carbocycles. The van der Waals surface area contributed by atoms with E-state index in [0.717, 1.165) is 6.92 Å². The lowest BCUT2D eigenvalue weighted by Crippen LogP contribution is -2.29. The Labute approximate surface area is 93.9 Å². The molecule has 0 aliphatic rings. The van der Waals surface area contributed by atoms with E-state index in [0.29, 0.717) is 0 Å². The highest BCUT2D eigenvalue weighted by Gasteiger charge is 2.48. The Balaban J connectivity index is 4.17. The monoisotopic (exact) mass is 288 g/mol. The fourth-order valence-electron chi connectivity index (χ4n) is 0.909. The second-order valence-corrected chi connectivity index (χ2v) is 4.88. The van der Waals surface area contributed by atoms with Crippen LogP contribution >= 0.6 is 0 Å². The summed E-state index contributed by atoms with van der Waals surface area (Å²) in [4.78, 5) is 0. The first kappa shape index (κ1) is 16.5. The van der Waals surface area contributed by atoms with Crippen LogP contribution in [0.2, 0.25) is 0 Å². The van der Waals surface area contributed by atoms with Crippen LogP contribution in [0.3, 0.4) is 0 Å². The quantitative estimate of drug-likeness (QED) is 0.444. The Morgan fingerprint density at radius 1 is 1.12 bits per heavy atom. The topological polar surface area (TPSA) is 43.4 Å². The molecule has 0 aromatic rings. The zero-order chi connectivity index (χ0) is 13.9. The fourth-order valence-corrected chi connectivity index (χ4v) is 1.55. The smallest absolute Gasteiger partial charge is 0.260 e. The first-order valence-corrected chi connectivity index (χ1v) is 5.82. The summed E-state index contributed by atoms with van der Waals surface area (Å²) in [7, 11) is -5.74. The Hall–Kier alpha value is -0.510. The summed E-state index contributed by atoms with van der Waals surface area (Å²) in [5, 5.41) is 0. The van der Waals surface area contributed by atoms with Crippen molar-refractivity contribution in [2.45, 2.75) is 44.0 Å². The molecular formula is C7H10F6O3S. The van der Waals surface area contributed by atoms with Crippen molar-refractivity contribution in [1.29, 1.82) is 0 Å². The molecule has 3 nitrogen and oxygen atoms in total. The van der Waals surface area contributed by atoms with Gasteiger partial charge in [-0.05, 0) is 19.8 Å². The second-order valence-electron chi connectivity index (χ2n) is 3.31. The predicted molar refractivity (Wildman–Crippen MR) is 45.4 cm³/mol. The van der Waals surface area contributed by atoms with Gasteiger partial charge in [0.05, 0.1) is 6.10 Å². The highest BCUT2D eigenvalue weighted by Crippen LogP contribution is 2.27. The molecule has 0 aliphatic heterocycles. The predicted octanol–water partition coefficient (Wildman–Crippen LogP) is 2.97. The number of halogens is 6. The maximum atomic E-state index is 11.8. The number of hydrogen-bond acceptors (Lipinski definition) is 3. The van der Waals surface area contributed by atoms with Crippen LogP contribution in [0.5, 0.6) is 0 Å². The summed E-state index contributed by atoms with van der Waals surface area (Å²) >= 11 is 0. The minimum absolute atomic E-state index is 0.436. The molecule has 0 saturated carbocycles. The first-order chi connectivity index (χ1) is 7.35. The lowest BCUT2D eigenvalue weighted by atomic mass is 10.2. The van der Waals surface area contributed by atoms with Crippen LogP contribution in [0.1, 0.15) is 26.2 Å². The van der Waals surface area contributed by atoms with Crippen molar-refractivity contribution in [3.63, 3.8) is 0 Å². The van der Waals surface area contributed by atoms with Crippen LogP contribution in [-0.2, 0) is 14.3 Å². The highest BCUT2D eigenvalue weighted by molar-refractivity contribution is 7.87. The van der Waals surface area contributed by atoms with Crippen LogP contribution in [0.15, 0.2) is 0 Å². The van der Waals surface area contributed by atoms with Gasteiger partial charge in [-0.3, -0.25) is 4.18 Å². The molecule has 0 heterocycles. The van der Waals surface area contributed by atoms with E-state index in [1.165, 1.54) is 0 Å². The molecule has 0 aliphatic carbocycles. The third kappa shape index (κ3) is 6.71. The van der Waals surface area contributed by atoms with Crippen LogP contribution in [0.25, 0.3) is 0 Å². The largest absolute Gasteiger partial charge is 0.523 e. The summed E-state index contributed by atoms with van der Waals surface area (Å²) in [5.41, 5.74) is -5.56. The molecule has 0 spiro atoms. The Bertz CT molecular complexity index is 330. The van der Waals surface area contributed by atoms with Crippen molar-refractivity contribution in [2.24, 2.45) is 0 Å². The van der Waals surface area contributed by atoms with Crippen molar-refractivity contribution < 1.29 is 38.9 Å². The molecule has 104 valence electrons. The van der Waals surface area contributed by atoms with Crippen LogP contribution in [0.4, 0.5) is 26.3 Å². The Morgan fingerprint density at radius 3 is 1.94 bits per heavy atom. The van der Waals surface area contributed by atoms with Crippen molar-refractivity contribution >= 4 is 10.1 Å². The van der Waals surface area contributed by atoms with Gasteiger partial charge in [0.1, 0.15) is 0 Å². The van der Waals surface area contributed by atoms with Gasteiger partial charge in [0.15, 0.2) is 0 Å². The fraction of sp³-hybridized carbons (Fsp3) is 1.00. The molecule has 0 aromatic heterocycles. The number of hydrogen-bond donors (Lipinski definition) is 0. The average Bonchev–Trinajstić information content (AvgIpc) is 1.97. The zero-order valence-electron chi connectivity index (χ0n) is 8.60. The van der Waals surface area contributed by atoms with Crippen molar-refractivity contribution in [3.8, 4) is 0 Å². The lowest BCUT2D eigenvalue weighted by Gasteiger charge is -2.14. The van der Waals surface area contributed by atoms with Crippen LogP contribution < -0.4 is 0 Å². The maximum absolute atomic E-state index is 11.8. The van der Waals surface area contributed by atoms with E-state index in [-0.39, 0.29) is 0 Å². The van der Waals surface area contributed by atoms with Gasteiger partial charge in [-0.15, -0.1) is 0 Å². The van der Waals surface area contributed by atoms with Gasteiger partial charge in [0, 0.05) is 6.42 Å². The highest BCUT2D eigenvalue weighted by atomic mass is 32.2. The summed E-state index contributed by atoms with van der Waals surface area (Å²) in [6.45, 7) is 0.958. The van der Waals surface area contributed by atoms with E-state index in [4.69, 9.17) is 0 Å². The molecule has 0 saturated heterocycles. The van der Waals surface area contributed by atoms with Gasteiger partial charge < -0.3 is 0 Å². The SMILES string of the molecule is CC(CCCC(F)(F)F)OS(=O)(=O)C(F)(F)F. The van der Waals surface area contributed by atoms with E-state index in [1.807, 2.05) is 0 Å². The van der Waals surface area contributed by atoms with E-state index in [1.54, 1.807) is 0 Å². The third-order valence-electron chi connectivity index (χ3n) is 1.65. The zero-order valence-corrected chi connectivity index (χ0v) is 9.42. The van der Waals surface area contributed by atoms with E-state index >= 15 is 0 Å². The third-order valence-corrected chi connectivity index (χ3v) is 2.79. The molecular weight excluding hydrogens is 278 g/mol. The number of alkyl halides is 6. The molecule has 0 rings (SSSR count). The van der Waals surface area contributed by atoms with Gasteiger partial charge in [-0.25, -0.2) is 0 Å². The van der Waals surface area contributed by atoms with E-state index < -0.39 is 47.2 Å². The summed E-state index contributed by atoms with van der Waals surface area (Å²) in [5.74, 6) is 0. The van der Waals surface area contributed by atoms with Crippen molar-refractivity contribution in [1.82, 2.24) is 0 Å². The molecule has 0 bridgehead atoms. The van der Waals surface area contributed by atoms with Gasteiger partial charge in [-0.1, -0.05) is 0 Å². The minimum Gasteiger partial charge on any atom is -0.260 e. The van der Waals surface area contributed by atoms with Crippen LogP contribution in [-0.4, -0.2) is 26.2 Å². The minimum atomic E-state index is -5.74. The molecule has 0 fully saturated rings. The number of rotatable bonds is 5. The van der Waals surface area contributed by atoms with E-state index in [9.17, 15) is 34.8 Å². The van der Waals surface area contributed by atoms with Gasteiger partial charge in [0.2, 0.25) is 0 Å². The second kappa shape index (κ2) is 5.42. The van der Waals surface area contributed by atoms with E-state index in [2.05, 4.69) is 4.18 Å². The molecule has 0 radical (unpaired) electrons. The molecule has 1 atom stereocenters. The Morgan fingerprint density at radius 2 is 1.59 bits per heavy atom. The van der Waals surface area contributed by atoms with Gasteiger partial charge >= 0.3 is 21.8 Å². The van der Waals surface area contributed by atoms with Crippen molar-refractivity contribution in [3.05, 3.63) is 0 Å². The summed E-state index contributed by atoms with van der Waals surface area (Å²) < 4.78 is 95.1. The first-order valence-electron chi connectivity index (χ1n) is 4.41. The average molecular weight is 288 g/mol.